The highest BCUT2D eigenvalue weighted by Gasteiger charge is 2.23. The van der Waals surface area contributed by atoms with E-state index < -0.39 is 26.0 Å². The Balaban J connectivity index is 2.22. The van der Waals surface area contributed by atoms with E-state index in [-0.39, 0.29) is 28.6 Å². The largest absolute Gasteiger partial charge is 0.492 e. The van der Waals surface area contributed by atoms with Crippen molar-refractivity contribution in [3.8, 4) is 5.75 Å². The Bertz CT molecular complexity index is 1090. The van der Waals surface area contributed by atoms with Crippen LogP contribution in [0.1, 0.15) is 12.5 Å². The number of carbonyl (C=O) groups excluding carboxylic acids is 1. The first-order valence-corrected chi connectivity index (χ1v) is 11.5. The Morgan fingerprint density at radius 1 is 1.07 bits per heavy atom. The van der Waals surface area contributed by atoms with Gasteiger partial charge in [-0.3, -0.25) is 4.79 Å². The monoisotopic (exact) mass is 441 g/mol. The minimum absolute atomic E-state index is 0.0339. The van der Waals surface area contributed by atoms with Crippen molar-refractivity contribution >= 4 is 31.6 Å². The summed E-state index contributed by atoms with van der Waals surface area (Å²) < 4.78 is 54.1. The van der Waals surface area contributed by atoms with E-state index in [9.17, 15) is 21.6 Å². The number of carbonyl (C=O) groups is 1. The van der Waals surface area contributed by atoms with Gasteiger partial charge in [0.05, 0.1) is 17.9 Å². The van der Waals surface area contributed by atoms with Crippen LogP contribution in [-0.2, 0) is 31.3 Å². The van der Waals surface area contributed by atoms with Gasteiger partial charge >= 0.3 is 0 Å². The van der Waals surface area contributed by atoms with Gasteiger partial charge in [0, 0.05) is 19.8 Å². The van der Waals surface area contributed by atoms with Crippen LogP contribution in [0.4, 0.5) is 5.69 Å². The molecule has 0 aliphatic rings. The lowest BCUT2D eigenvalue weighted by Gasteiger charge is -2.16. The summed E-state index contributed by atoms with van der Waals surface area (Å²) >= 11 is 0. The van der Waals surface area contributed by atoms with Crippen LogP contribution in [0.5, 0.6) is 5.75 Å². The predicted molar refractivity (Wildman–Crippen MR) is 109 cm³/mol. The first kappa shape index (κ1) is 22.8. The highest BCUT2D eigenvalue weighted by Crippen LogP contribution is 2.29. The maximum Gasteiger partial charge on any atom is 0.246 e. The molecule has 1 amide bonds. The molecule has 29 heavy (non-hydrogen) atoms. The summed E-state index contributed by atoms with van der Waals surface area (Å²) in [6.45, 7) is 2.03. The maximum atomic E-state index is 12.5. The van der Waals surface area contributed by atoms with Crippen LogP contribution < -0.4 is 15.2 Å². The minimum Gasteiger partial charge on any atom is -0.492 e. The van der Waals surface area contributed by atoms with E-state index in [1.165, 1.54) is 50.5 Å². The highest BCUT2D eigenvalue weighted by molar-refractivity contribution is 7.89. The third kappa shape index (κ3) is 5.76. The second kappa shape index (κ2) is 8.91. The van der Waals surface area contributed by atoms with Crippen LogP contribution in [0, 0.1) is 0 Å². The summed E-state index contributed by atoms with van der Waals surface area (Å²) in [7, 11) is -4.77. The molecule has 0 aliphatic carbocycles. The van der Waals surface area contributed by atoms with Crippen molar-refractivity contribution in [1.29, 1.82) is 0 Å². The van der Waals surface area contributed by atoms with E-state index >= 15 is 0 Å². The van der Waals surface area contributed by atoms with Crippen LogP contribution >= 0.6 is 0 Å². The fraction of sp³-hybridized carbons (Fsp3) is 0.278. The Morgan fingerprint density at radius 2 is 1.69 bits per heavy atom. The Kier molecular flexibility index (Phi) is 7.01. The van der Waals surface area contributed by atoms with Gasteiger partial charge in [0.2, 0.25) is 26.0 Å². The zero-order chi connectivity index (χ0) is 21.8. The van der Waals surface area contributed by atoms with Gasteiger partial charge in [-0.25, -0.2) is 26.3 Å². The van der Waals surface area contributed by atoms with E-state index in [0.29, 0.717) is 11.3 Å². The number of benzene rings is 2. The van der Waals surface area contributed by atoms with Gasteiger partial charge in [0.25, 0.3) is 0 Å². The normalized spacial score (nSPS) is 12.0. The van der Waals surface area contributed by atoms with Crippen LogP contribution in [0.3, 0.4) is 0 Å². The topological polar surface area (TPSA) is 136 Å². The molecule has 158 valence electrons. The number of hydrogen-bond donors (Lipinski definition) is 2. The van der Waals surface area contributed by atoms with E-state index in [2.05, 4.69) is 5.32 Å². The Morgan fingerprint density at radius 3 is 2.21 bits per heavy atom. The van der Waals surface area contributed by atoms with Gasteiger partial charge < -0.3 is 10.1 Å². The van der Waals surface area contributed by atoms with Crippen LogP contribution in [0.2, 0.25) is 0 Å². The highest BCUT2D eigenvalue weighted by atomic mass is 32.2. The first-order chi connectivity index (χ1) is 13.4. The SMILES string of the molecule is CCOc1ccc(NC(=O)Cc2ccc(S(N)(=O)=O)cc2)cc1S(=O)(=O)N(C)C. The maximum absolute atomic E-state index is 12.5. The molecule has 0 aliphatic heterocycles. The molecule has 0 aromatic heterocycles. The van der Waals surface area contributed by atoms with Crippen molar-refractivity contribution in [1.82, 2.24) is 4.31 Å². The zero-order valence-electron chi connectivity index (χ0n) is 16.2. The van der Waals surface area contributed by atoms with E-state index in [1.54, 1.807) is 13.0 Å². The quantitative estimate of drug-likeness (QED) is 0.631. The summed E-state index contributed by atoms with van der Waals surface area (Å²) in [6, 6.07) is 9.96. The van der Waals surface area contributed by atoms with Crippen molar-refractivity contribution in [3.63, 3.8) is 0 Å². The Hall–Kier alpha value is -2.47. The minimum atomic E-state index is -3.80. The molecule has 3 N–H and O–H groups in total. The van der Waals surface area contributed by atoms with E-state index in [4.69, 9.17) is 9.88 Å². The lowest BCUT2D eigenvalue weighted by atomic mass is 10.1. The molecule has 0 atom stereocenters. The molecule has 0 spiro atoms. The number of anilines is 1. The van der Waals surface area contributed by atoms with Gasteiger partial charge in [-0.1, -0.05) is 12.1 Å². The van der Waals surface area contributed by atoms with Crippen molar-refractivity contribution < 1.29 is 26.4 Å². The number of primary sulfonamides is 1. The number of sulfonamides is 2. The molecule has 0 unspecified atom stereocenters. The van der Waals surface area contributed by atoms with Crippen LogP contribution in [0.25, 0.3) is 0 Å². The Labute approximate surface area is 170 Å². The second-order valence-corrected chi connectivity index (χ2v) is 9.98. The number of amides is 1. The molecule has 0 saturated heterocycles. The molecular formula is C18H23N3O6S2. The van der Waals surface area contributed by atoms with Gasteiger partial charge in [-0.05, 0) is 42.8 Å². The number of ether oxygens (including phenoxy) is 1. The van der Waals surface area contributed by atoms with Gasteiger partial charge in [-0.2, -0.15) is 0 Å². The zero-order valence-corrected chi connectivity index (χ0v) is 17.9. The molecule has 0 bridgehead atoms. The second-order valence-electron chi connectivity index (χ2n) is 6.30. The first-order valence-electron chi connectivity index (χ1n) is 8.56. The molecule has 2 aromatic carbocycles. The third-order valence-electron chi connectivity index (χ3n) is 3.90. The van der Waals surface area contributed by atoms with E-state index in [0.717, 1.165) is 4.31 Å². The van der Waals surface area contributed by atoms with Crippen molar-refractivity contribution in [2.24, 2.45) is 5.14 Å². The number of rotatable bonds is 8. The number of nitrogens with two attached hydrogens (primary N) is 1. The lowest BCUT2D eigenvalue weighted by molar-refractivity contribution is -0.115. The van der Waals surface area contributed by atoms with Crippen molar-refractivity contribution in [3.05, 3.63) is 48.0 Å². The molecule has 2 aromatic rings. The van der Waals surface area contributed by atoms with Crippen molar-refractivity contribution in [2.75, 3.05) is 26.0 Å². The fourth-order valence-corrected chi connectivity index (χ4v) is 4.01. The van der Waals surface area contributed by atoms with Gasteiger partial charge in [-0.15, -0.1) is 0 Å². The van der Waals surface area contributed by atoms with Gasteiger partial charge in [0.1, 0.15) is 10.6 Å². The molecule has 0 radical (unpaired) electrons. The van der Waals surface area contributed by atoms with Crippen LogP contribution in [0.15, 0.2) is 52.3 Å². The van der Waals surface area contributed by atoms with E-state index in [1.807, 2.05) is 0 Å². The molecule has 0 saturated carbocycles. The predicted octanol–water partition coefficient (Wildman–Crippen LogP) is 1.16. The molecule has 2 rings (SSSR count). The summed E-state index contributed by atoms with van der Waals surface area (Å²) in [5.41, 5.74) is 0.863. The fourth-order valence-electron chi connectivity index (χ4n) is 2.45. The lowest BCUT2D eigenvalue weighted by Crippen LogP contribution is -2.23. The van der Waals surface area contributed by atoms with Crippen LogP contribution in [-0.4, -0.2) is 47.8 Å². The average molecular weight is 442 g/mol. The average Bonchev–Trinajstić information content (AvgIpc) is 2.62. The summed E-state index contributed by atoms with van der Waals surface area (Å²) in [5.74, 6) is -0.205. The number of nitrogens with one attached hydrogen (secondary N) is 1. The smallest absolute Gasteiger partial charge is 0.246 e. The molecule has 0 fully saturated rings. The molecule has 9 nitrogen and oxygen atoms in total. The molecule has 0 heterocycles. The molecular weight excluding hydrogens is 418 g/mol. The molecule has 11 heteroatoms. The number of hydrogen-bond acceptors (Lipinski definition) is 6. The summed E-state index contributed by atoms with van der Waals surface area (Å²) in [4.78, 5) is 12.2. The number of nitrogens with zero attached hydrogens (tertiary/aromatic N) is 1. The van der Waals surface area contributed by atoms with Gasteiger partial charge in [0.15, 0.2) is 0 Å². The summed E-state index contributed by atoms with van der Waals surface area (Å²) in [5, 5.41) is 7.68. The third-order valence-corrected chi connectivity index (χ3v) is 6.67. The summed E-state index contributed by atoms with van der Waals surface area (Å²) in [6.07, 6.45) is -0.0339. The van der Waals surface area contributed by atoms with Crippen molar-refractivity contribution in [2.45, 2.75) is 23.1 Å². The standard InChI is InChI=1S/C18H23N3O6S2/c1-4-27-16-10-7-14(12-17(16)29(25,26)21(2)3)20-18(22)11-13-5-8-15(9-6-13)28(19,23)24/h5-10,12H,4,11H2,1-3H3,(H,20,22)(H2,19,23,24).